The Balaban J connectivity index is 1.84. The van der Waals surface area contributed by atoms with E-state index < -0.39 is 0 Å². The number of hydrogen-bond acceptors (Lipinski definition) is 3. The lowest BCUT2D eigenvalue weighted by atomic mass is 10.2. The van der Waals surface area contributed by atoms with E-state index in [1.165, 1.54) is 0 Å². The first-order chi connectivity index (χ1) is 10.6. The van der Waals surface area contributed by atoms with Crippen molar-refractivity contribution < 1.29 is 9.59 Å². The first-order valence-electron chi connectivity index (χ1n) is 7.28. The summed E-state index contributed by atoms with van der Waals surface area (Å²) >= 11 is 3.42. The third kappa shape index (κ3) is 2.94. The number of aldehydes is 1. The highest BCUT2D eigenvalue weighted by molar-refractivity contribution is 9.10. The monoisotopic (exact) mass is 363 g/mol. The zero-order valence-electron chi connectivity index (χ0n) is 12.5. The lowest BCUT2D eigenvalue weighted by Gasteiger charge is -2.32. The molecule has 3 rings (SSSR count). The number of benzene rings is 1. The topological polar surface area (TPSA) is 45.5 Å². The van der Waals surface area contributed by atoms with Crippen LogP contribution in [0.4, 0.5) is 0 Å². The molecule has 6 heteroatoms. The van der Waals surface area contributed by atoms with Crippen LogP contribution < -0.4 is 0 Å². The molecule has 0 atom stereocenters. The fraction of sp³-hybridized carbons (Fsp3) is 0.375. The van der Waals surface area contributed by atoms with E-state index in [0.29, 0.717) is 5.56 Å². The number of likely N-dealkylation sites (N-methyl/N-ethyl adjacent to an activating group) is 1. The van der Waals surface area contributed by atoms with Crippen LogP contribution in [0.25, 0.3) is 10.9 Å². The molecule has 0 unspecified atom stereocenters. The highest BCUT2D eigenvalue weighted by Gasteiger charge is 2.20. The van der Waals surface area contributed by atoms with E-state index >= 15 is 0 Å². The van der Waals surface area contributed by atoms with Crippen molar-refractivity contribution in [2.75, 3.05) is 33.2 Å². The summed E-state index contributed by atoms with van der Waals surface area (Å²) in [7, 11) is 2.06. The number of nitrogens with zero attached hydrogens (tertiary/aromatic N) is 3. The van der Waals surface area contributed by atoms with Crippen LogP contribution in [0.2, 0.25) is 0 Å². The highest BCUT2D eigenvalue weighted by atomic mass is 79.9. The number of halogens is 1. The van der Waals surface area contributed by atoms with Crippen molar-refractivity contribution in [3.8, 4) is 0 Å². The molecule has 0 radical (unpaired) electrons. The van der Waals surface area contributed by atoms with Gasteiger partial charge in [0.1, 0.15) is 6.54 Å². The molecule has 0 saturated carbocycles. The third-order valence-corrected chi connectivity index (χ3v) is 4.66. The predicted molar refractivity (Wildman–Crippen MR) is 89.1 cm³/mol. The molecule has 0 bridgehead atoms. The Bertz CT molecular complexity index is 717. The van der Waals surface area contributed by atoms with E-state index in [-0.39, 0.29) is 12.5 Å². The maximum atomic E-state index is 12.5. The second-order valence-corrected chi connectivity index (χ2v) is 6.59. The van der Waals surface area contributed by atoms with Crippen LogP contribution in [0.3, 0.4) is 0 Å². The number of fused-ring (bicyclic) bond motifs is 1. The smallest absolute Gasteiger partial charge is 0.242 e. The van der Waals surface area contributed by atoms with Crippen molar-refractivity contribution in [2.45, 2.75) is 6.54 Å². The fourth-order valence-corrected chi connectivity index (χ4v) is 3.18. The van der Waals surface area contributed by atoms with Crippen molar-refractivity contribution in [3.05, 3.63) is 34.4 Å². The summed E-state index contributed by atoms with van der Waals surface area (Å²) in [6, 6.07) is 5.77. The first-order valence-corrected chi connectivity index (χ1v) is 8.07. The van der Waals surface area contributed by atoms with Gasteiger partial charge in [-0.3, -0.25) is 9.59 Å². The summed E-state index contributed by atoms with van der Waals surface area (Å²) in [4.78, 5) is 27.8. The molecule has 1 saturated heterocycles. The molecule has 1 fully saturated rings. The zero-order valence-corrected chi connectivity index (χ0v) is 14.0. The van der Waals surface area contributed by atoms with E-state index in [0.717, 1.165) is 47.8 Å². The Labute approximate surface area is 137 Å². The van der Waals surface area contributed by atoms with Gasteiger partial charge in [-0.15, -0.1) is 0 Å². The summed E-state index contributed by atoms with van der Waals surface area (Å²) in [5.41, 5.74) is 1.52. The molecular weight excluding hydrogens is 346 g/mol. The van der Waals surface area contributed by atoms with Gasteiger partial charge in [-0.05, 0) is 25.2 Å². The lowest BCUT2D eigenvalue weighted by molar-refractivity contribution is -0.133. The second kappa shape index (κ2) is 6.22. The van der Waals surface area contributed by atoms with E-state index in [1.807, 2.05) is 27.7 Å². The minimum Gasteiger partial charge on any atom is -0.339 e. The summed E-state index contributed by atoms with van der Waals surface area (Å²) < 4.78 is 2.79. The number of aromatic nitrogens is 1. The van der Waals surface area contributed by atoms with Crippen LogP contribution in [0.5, 0.6) is 0 Å². The summed E-state index contributed by atoms with van der Waals surface area (Å²) in [6.07, 6.45) is 2.60. The number of hydrogen-bond donors (Lipinski definition) is 0. The quantitative estimate of drug-likeness (QED) is 0.783. The van der Waals surface area contributed by atoms with Gasteiger partial charge in [0.05, 0.1) is 0 Å². The van der Waals surface area contributed by atoms with Gasteiger partial charge in [0.15, 0.2) is 6.29 Å². The maximum absolute atomic E-state index is 12.5. The molecule has 22 heavy (non-hydrogen) atoms. The van der Waals surface area contributed by atoms with Crippen LogP contribution >= 0.6 is 15.9 Å². The third-order valence-electron chi connectivity index (χ3n) is 4.16. The Morgan fingerprint density at radius 3 is 2.68 bits per heavy atom. The van der Waals surface area contributed by atoms with Crippen molar-refractivity contribution in [3.63, 3.8) is 0 Å². The summed E-state index contributed by atoms with van der Waals surface area (Å²) in [6.45, 7) is 3.62. The normalized spacial score (nSPS) is 16.2. The van der Waals surface area contributed by atoms with Gasteiger partial charge in [-0.2, -0.15) is 0 Å². The Morgan fingerprint density at radius 2 is 2.00 bits per heavy atom. The summed E-state index contributed by atoms with van der Waals surface area (Å²) in [5, 5.41) is 0.871. The number of amides is 1. The van der Waals surface area contributed by atoms with Crippen LogP contribution in [-0.2, 0) is 11.3 Å². The number of carbonyl (C=O) groups excluding carboxylic acids is 2. The van der Waals surface area contributed by atoms with E-state index in [9.17, 15) is 9.59 Å². The number of piperazine rings is 1. The van der Waals surface area contributed by atoms with Gasteiger partial charge in [0.2, 0.25) is 5.91 Å². The Morgan fingerprint density at radius 1 is 1.27 bits per heavy atom. The van der Waals surface area contributed by atoms with Crippen LogP contribution in [0, 0.1) is 0 Å². The molecule has 2 heterocycles. The minimum absolute atomic E-state index is 0.102. The second-order valence-electron chi connectivity index (χ2n) is 5.68. The molecule has 0 aliphatic carbocycles. The molecular formula is C16H18BrN3O2. The zero-order chi connectivity index (χ0) is 15.7. The van der Waals surface area contributed by atoms with Crippen molar-refractivity contribution in [1.29, 1.82) is 0 Å². The average Bonchev–Trinajstić information content (AvgIpc) is 2.85. The predicted octanol–water partition coefficient (Wildman–Crippen LogP) is 1.99. The summed E-state index contributed by atoms with van der Waals surface area (Å²) in [5.74, 6) is 0.102. The first kappa shape index (κ1) is 15.2. The van der Waals surface area contributed by atoms with Crippen LogP contribution in [0.1, 0.15) is 10.4 Å². The Kier molecular flexibility index (Phi) is 4.31. The van der Waals surface area contributed by atoms with Gasteiger partial charge in [-0.1, -0.05) is 15.9 Å². The molecule has 0 spiro atoms. The maximum Gasteiger partial charge on any atom is 0.242 e. The molecule has 2 aromatic rings. The largest absolute Gasteiger partial charge is 0.339 e. The lowest BCUT2D eigenvalue weighted by Crippen LogP contribution is -2.48. The number of carbonyl (C=O) groups is 2. The van der Waals surface area contributed by atoms with Crippen molar-refractivity contribution in [2.24, 2.45) is 0 Å². The van der Waals surface area contributed by atoms with E-state index in [4.69, 9.17) is 0 Å². The van der Waals surface area contributed by atoms with Crippen LogP contribution in [0.15, 0.2) is 28.9 Å². The SMILES string of the molecule is CN1CCN(C(=O)Cn2cc(C=O)c3cc(Br)ccc32)CC1. The minimum atomic E-state index is 0.102. The van der Waals surface area contributed by atoms with Gasteiger partial charge in [-0.25, -0.2) is 0 Å². The number of rotatable bonds is 3. The van der Waals surface area contributed by atoms with E-state index in [2.05, 4.69) is 27.9 Å². The fourth-order valence-electron chi connectivity index (χ4n) is 2.82. The van der Waals surface area contributed by atoms with Gasteiger partial charge in [0.25, 0.3) is 0 Å². The van der Waals surface area contributed by atoms with E-state index in [1.54, 1.807) is 6.20 Å². The molecule has 5 nitrogen and oxygen atoms in total. The van der Waals surface area contributed by atoms with Crippen molar-refractivity contribution >= 4 is 39.0 Å². The Hall–Kier alpha value is -1.66. The van der Waals surface area contributed by atoms with Crippen molar-refractivity contribution in [1.82, 2.24) is 14.4 Å². The molecule has 1 amide bonds. The average molecular weight is 364 g/mol. The molecule has 0 N–H and O–H groups in total. The van der Waals surface area contributed by atoms with Gasteiger partial charge in [0, 0.05) is 53.3 Å². The molecule has 1 aliphatic heterocycles. The molecule has 1 aromatic carbocycles. The van der Waals surface area contributed by atoms with Gasteiger partial charge >= 0.3 is 0 Å². The standard InChI is InChI=1S/C16H18BrN3O2/c1-18-4-6-19(7-5-18)16(22)10-20-9-12(11-21)14-8-13(17)2-3-15(14)20/h2-3,8-9,11H,4-7,10H2,1H3. The molecule has 1 aliphatic rings. The molecule has 1 aromatic heterocycles. The highest BCUT2D eigenvalue weighted by Crippen LogP contribution is 2.24. The van der Waals surface area contributed by atoms with Gasteiger partial charge < -0.3 is 14.4 Å². The molecule has 116 valence electrons. The van der Waals surface area contributed by atoms with Crippen LogP contribution in [-0.4, -0.2) is 59.8 Å².